The third kappa shape index (κ3) is 4.59. The van der Waals surface area contributed by atoms with Crippen molar-refractivity contribution in [1.82, 2.24) is 14.8 Å². The van der Waals surface area contributed by atoms with Crippen molar-refractivity contribution in [2.45, 2.75) is 0 Å². The minimum absolute atomic E-state index is 0.0647. The van der Waals surface area contributed by atoms with Gasteiger partial charge in [-0.05, 0) is 37.4 Å². The number of hydrogen-bond acceptors (Lipinski definition) is 6. The number of hydrogen-bond donors (Lipinski definition) is 1. The first-order chi connectivity index (χ1) is 14.6. The molecule has 160 valence electrons. The van der Waals surface area contributed by atoms with Crippen LogP contribution in [0.1, 0.15) is 0 Å². The van der Waals surface area contributed by atoms with Gasteiger partial charge in [0.25, 0.3) is 0 Å². The number of anilines is 3. The SMILES string of the molecule is COc1ccc(NC(=O)N2CCN(c3ccccn3)CC2)cc1N1CCN(C)CC1. The average Bonchev–Trinajstić information content (AvgIpc) is 2.80. The fraction of sp³-hybridized carbons (Fsp3) is 0.455. The van der Waals surface area contributed by atoms with E-state index in [0.29, 0.717) is 13.1 Å². The first-order valence-electron chi connectivity index (χ1n) is 10.5. The van der Waals surface area contributed by atoms with Crippen LogP contribution in [0, 0.1) is 0 Å². The summed E-state index contributed by atoms with van der Waals surface area (Å²) in [5.41, 5.74) is 1.82. The van der Waals surface area contributed by atoms with Gasteiger partial charge in [-0.15, -0.1) is 0 Å². The van der Waals surface area contributed by atoms with Gasteiger partial charge in [0.05, 0.1) is 12.8 Å². The summed E-state index contributed by atoms with van der Waals surface area (Å²) in [7, 11) is 3.83. The van der Waals surface area contributed by atoms with Crippen molar-refractivity contribution in [3.05, 3.63) is 42.6 Å². The van der Waals surface area contributed by atoms with Crippen LogP contribution in [0.5, 0.6) is 5.75 Å². The van der Waals surface area contributed by atoms with Crippen molar-refractivity contribution in [2.24, 2.45) is 0 Å². The monoisotopic (exact) mass is 410 g/mol. The second-order valence-corrected chi connectivity index (χ2v) is 7.77. The van der Waals surface area contributed by atoms with Gasteiger partial charge in [-0.3, -0.25) is 0 Å². The number of ether oxygens (including phenoxy) is 1. The molecule has 4 rings (SSSR count). The van der Waals surface area contributed by atoms with E-state index in [2.05, 4.69) is 32.0 Å². The number of nitrogens with zero attached hydrogens (tertiary/aromatic N) is 5. The quantitative estimate of drug-likeness (QED) is 0.834. The highest BCUT2D eigenvalue weighted by molar-refractivity contribution is 5.90. The molecule has 0 spiro atoms. The predicted octanol–water partition coefficient (Wildman–Crippen LogP) is 2.20. The molecule has 3 heterocycles. The Balaban J connectivity index is 1.38. The Morgan fingerprint density at radius 1 is 0.967 bits per heavy atom. The van der Waals surface area contributed by atoms with Crippen molar-refractivity contribution < 1.29 is 9.53 Å². The van der Waals surface area contributed by atoms with E-state index in [-0.39, 0.29) is 6.03 Å². The zero-order valence-electron chi connectivity index (χ0n) is 17.8. The molecule has 1 N–H and O–H groups in total. The van der Waals surface area contributed by atoms with Crippen molar-refractivity contribution in [3.63, 3.8) is 0 Å². The molecule has 30 heavy (non-hydrogen) atoms. The molecule has 0 radical (unpaired) electrons. The fourth-order valence-corrected chi connectivity index (χ4v) is 3.94. The summed E-state index contributed by atoms with van der Waals surface area (Å²) < 4.78 is 5.57. The Morgan fingerprint density at radius 2 is 1.70 bits per heavy atom. The smallest absolute Gasteiger partial charge is 0.321 e. The highest BCUT2D eigenvalue weighted by atomic mass is 16.5. The van der Waals surface area contributed by atoms with E-state index in [9.17, 15) is 4.79 Å². The van der Waals surface area contributed by atoms with E-state index in [1.165, 1.54) is 0 Å². The van der Waals surface area contributed by atoms with Crippen molar-refractivity contribution >= 4 is 23.2 Å². The third-order valence-electron chi connectivity index (χ3n) is 5.81. The van der Waals surface area contributed by atoms with Gasteiger partial charge in [0.2, 0.25) is 0 Å². The number of methoxy groups -OCH3 is 1. The lowest BCUT2D eigenvalue weighted by Gasteiger charge is -2.36. The maximum Gasteiger partial charge on any atom is 0.321 e. The molecule has 8 heteroatoms. The number of pyridine rings is 1. The largest absolute Gasteiger partial charge is 0.495 e. The highest BCUT2D eigenvalue weighted by Crippen LogP contribution is 2.32. The topological polar surface area (TPSA) is 64.2 Å². The minimum Gasteiger partial charge on any atom is -0.495 e. The number of rotatable bonds is 4. The Hall–Kier alpha value is -3.00. The maximum atomic E-state index is 12.8. The Labute approximate surface area is 178 Å². The van der Waals surface area contributed by atoms with Crippen LogP contribution in [0.25, 0.3) is 0 Å². The van der Waals surface area contributed by atoms with Crippen molar-refractivity contribution in [1.29, 1.82) is 0 Å². The number of piperazine rings is 2. The lowest BCUT2D eigenvalue weighted by atomic mass is 10.2. The molecule has 2 amide bonds. The van der Waals surface area contributed by atoms with Crippen LogP contribution >= 0.6 is 0 Å². The standard InChI is InChI=1S/C22H30N6O2/c1-25-9-11-26(12-10-25)19-17-18(6-7-20(19)30-2)24-22(29)28-15-13-27(14-16-28)21-5-3-4-8-23-21/h3-8,17H,9-16H2,1-2H3,(H,24,29). The van der Waals surface area contributed by atoms with Gasteiger partial charge in [-0.2, -0.15) is 0 Å². The van der Waals surface area contributed by atoms with Crippen LogP contribution in [0.15, 0.2) is 42.6 Å². The molecule has 0 saturated carbocycles. The fourth-order valence-electron chi connectivity index (χ4n) is 3.94. The van der Waals surface area contributed by atoms with Crippen LogP contribution in [-0.4, -0.2) is 87.3 Å². The molecule has 2 aromatic rings. The van der Waals surface area contributed by atoms with Crippen LogP contribution in [0.4, 0.5) is 22.0 Å². The number of likely N-dealkylation sites (N-methyl/N-ethyl adjacent to an activating group) is 1. The summed E-state index contributed by atoms with van der Waals surface area (Å²) in [6.45, 7) is 6.81. The molecule has 0 unspecified atom stereocenters. The van der Waals surface area contributed by atoms with E-state index in [4.69, 9.17) is 4.74 Å². The molecule has 1 aromatic heterocycles. The zero-order chi connectivity index (χ0) is 20.9. The highest BCUT2D eigenvalue weighted by Gasteiger charge is 2.23. The van der Waals surface area contributed by atoms with E-state index in [1.54, 1.807) is 13.3 Å². The van der Waals surface area contributed by atoms with E-state index < -0.39 is 0 Å². The number of urea groups is 1. The summed E-state index contributed by atoms with van der Waals surface area (Å²) in [6, 6.07) is 11.7. The third-order valence-corrected chi connectivity index (χ3v) is 5.81. The molecule has 1 aromatic carbocycles. The zero-order valence-corrected chi connectivity index (χ0v) is 17.8. The van der Waals surface area contributed by atoms with Crippen LogP contribution < -0.4 is 19.9 Å². The summed E-state index contributed by atoms with van der Waals surface area (Å²) in [4.78, 5) is 25.9. The lowest BCUT2D eigenvalue weighted by Crippen LogP contribution is -2.50. The van der Waals surface area contributed by atoms with Crippen LogP contribution in [0.2, 0.25) is 0 Å². The molecule has 0 aliphatic carbocycles. The van der Waals surface area contributed by atoms with Crippen molar-refractivity contribution in [3.8, 4) is 5.75 Å². The van der Waals surface area contributed by atoms with Gasteiger partial charge < -0.3 is 29.7 Å². The molecule has 2 fully saturated rings. The molecular weight excluding hydrogens is 380 g/mol. The predicted molar refractivity (Wildman–Crippen MR) is 120 cm³/mol. The van der Waals surface area contributed by atoms with Gasteiger partial charge >= 0.3 is 6.03 Å². The Kier molecular flexibility index (Phi) is 6.23. The number of benzene rings is 1. The maximum absolute atomic E-state index is 12.8. The first-order valence-corrected chi connectivity index (χ1v) is 10.5. The second kappa shape index (κ2) is 9.21. The number of amides is 2. The van der Waals surface area contributed by atoms with Crippen LogP contribution in [0.3, 0.4) is 0 Å². The van der Waals surface area contributed by atoms with E-state index in [0.717, 1.165) is 62.2 Å². The Morgan fingerprint density at radius 3 is 2.37 bits per heavy atom. The van der Waals surface area contributed by atoms with Crippen LogP contribution in [-0.2, 0) is 0 Å². The average molecular weight is 411 g/mol. The van der Waals surface area contributed by atoms with Crippen molar-refractivity contribution in [2.75, 3.05) is 81.6 Å². The number of carbonyl (C=O) groups is 1. The minimum atomic E-state index is -0.0647. The van der Waals surface area contributed by atoms with Gasteiger partial charge in [0, 0.05) is 64.2 Å². The first kappa shape index (κ1) is 20.3. The molecule has 0 atom stereocenters. The number of carbonyl (C=O) groups excluding carboxylic acids is 1. The van der Waals surface area contributed by atoms with Gasteiger partial charge in [0.1, 0.15) is 11.6 Å². The summed E-state index contributed by atoms with van der Waals surface area (Å²) in [5.74, 6) is 1.80. The molecule has 2 aliphatic heterocycles. The normalized spacial score (nSPS) is 17.7. The molecule has 8 nitrogen and oxygen atoms in total. The van der Waals surface area contributed by atoms with Gasteiger partial charge in [0.15, 0.2) is 0 Å². The molecule has 2 saturated heterocycles. The van der Waals surface area contributed by atoms with E-state index >= 15 is 0 Å². The number of nitrogens with one attached hydrogen (secondary N) is 1. The summed E-state index contributed by atoms with van der Waals surface area (Å²) in [6.07, 6.45) is 1.80. The lowest BCUT2D eigenvalue weighted by molar-refractivity contribution is 0.208. The summed E-state index contributed by atoms with van der Waals surface area (Å²) >= 11 is 0. The molecule has 0 bridgehead atoms. The van der Waals surface area contributed by atoms with Gasteiger partial charge in [-0.1, -0.05) is 6.07 Å². The molecule has 2 aliphatic rings. The Bertz CT molecular complexity index is 846. The molecular formula is C22H30N6O2. The van der Waals surface area contributed by atoms with E-state index in [1.807, 2.05) is 41.3 Å². The van der Waals surface area contributed by atoms with Gasteiger partial charge in [-0.25, -0.2) is 9.78 Å². The number of aromatic nitrogens is 1. The second-order valence-electron chi connectivity index (χ2n) is 7.77. The summed E-state index contributed by atoms with van der Waals surface area (Å²) in [5, 5.41) is 3.07.